The number of hydrogen-bond acceptors (Lipinski definition) is 10. The van der Waals surface area contributed by atoms with Crippen molar-refractivity contribution in [3.05, 3.63) is 69.2 Å². The van der Waals surface area contributed by atoms with Crippen molar-refractivity contribution in [2.75, 3.05) is 14.2 Å². The molecule has 0 spiro atoms. The molecule has 2 aromatic heterocycles. The molecule has 2 aromatic rings. The molecule has 0 saturated heterocycles. The van der Waals surface area contributed by atoms with E-state index in [0.29, 0.717) is 24.0 Å². The minimum atomic E-state index is -1.13. The summed E-state index contributed by atoms with van der Waals surface area (Å²) in [6, 6.07) is 1.13. The van der Waals surface area contributed by atoms with Crippen LogP contribution in [0.15, 0.2) is 25.2 Å². The molecule has 2 rings (SSSR count). The zero-order valence-electron chi connectivity index (χ0n) is 22.8. The zero-order valence-corrected chi connectivity index (χ0v) is 22.8. The van der Waals surface area contributed by atoms with Crippen LogP contribution in [0.4, 0.5) is 5.69 Å². The van der Waals surface area contributed by atoms with Gasteiger partial charge in [0.2, 0.25) is 5.69 Å². The van der Waals surface area contributed by atoms with Crippen molar-refractivity contribution in [2.45, 2.75) is 60.0 Å². The molecule has 0 bridgehead atoms. The molecule has 0 aromatic carbocycles. The summed E-state index contributed by atoms with van der Waals surface area (Å²) in [7, 11) is 12.8. The first-order valence-electron chi connectivity index (χ1n) is 11.7. The van der Waals surface area contributed by atoms with Gasteiger partial charge < -0.3 is 9.47 Å². The van der Waals surface area contributed by atoms with Gasteiger partial charge in [-0.15, -0.1) is 0 Å². The number of rotatable bonds is 9. The number of carbonyl (C=O) groups excluding carboxylic acids is 2. The maximum atomic E-state index is 12.0. The fourth-order valence-corrected chi connectivity index (χ4v) is 3.22. The molecule has 17 heteroatoms. The molecule has 0 atom stereocenters. The van der Waals surface area contributed by atoms with Crippen LogP contribution in [-0.2, 0) is 36.7 Å². The quantitative estimate of drug-likeness (QED) is 0.175. The Bertz CT molecular complexity index is 1410. The summed E-state index contributed by atoms with van der Waals surface area (Å²) in [6.07, 6.45) is 2.88. The molecule has 0 aliphatic rings. The van der Waals surface area contributed by atoms with Gasteiger partial charge in [0.05, 0.1) is 19.1 Å². The Morgan fingerprint density at radius 2 is 1.32 bits per heavy atom. The first-order chi connectivity index (χ1) is 18.4. The number of methoxy groups -OCH3 is 2. The molecule has 0 unspecified atom stereocenters. The van der Waals surface area contributed by atoms with E-state index in [1.807, 2.05) is 13.8 Å². The normalized spacial score (nSPS) is 9.65. The summed E-state index contributed by atoms with van der Waals surface area (Å²) in [5, 5.41) is 11.0. The van der Waals surface area contributed by atoms with Gasteiger partial charge >= 0.3 is 34.6 Å². The van der Waals surface area contributed by atoms with E-state index in [1.54, 1.807) is 0 Å². The average Bonchev–Trinajstić information content (AvgIpc) is 2.93. The lowest BCUT2D eigenvalue weighted by atomic mass is 9.81. The summed E-state index contributed by atoms with van der Waals surface area (Å²) in [4.78, 5) is 80.3. The van der Waals surface area contributed by atoms with E-state index in [0.717, 1.165) is 42.2 Å². The third kappa shape index (κ3) is 8.95. The molecule has 218 valence electrons. The van der Waals surface area contributed by atoms with Gasteiger partial charge in [-0.05, 0) is 12.8 Å². The van der Waals surface area contributed by atoms with Crippen LogP contribution in [-0.4, -0.2) is 64.8 Å². The van der Waals surface area contributed by atoms with Gasteiger partial charge in [-0.2, -0.15) is 0 Å². The van der Waals surface area contributed by atoms with Crippen molar-refractivity contribution in [2.24, 2.45) is 14.1 Å². The number of carbonyl (C=O) groups is 2. The Morgan fingerprint density at radius 3 is 1.75 bits per heavy atom. The Hall–Kier alpha value is -4.17. The van der Waals surface area contributed by atoms with Gasteiger partial charge in [-0.1, -0.05) is 34.1 Å². The number of esters is 2. The molecule has 0 aliphatic carbocycles. The smallest absolute Gasteiger partial charge is 0.365 e. The van der Waals surface area contributed by atoms with E-state index < -0.39 is 50.7 Å². The second-order valence-electron chi connectivity index (χ2n) is 7.80. The van der Waals surface area contributed by atoms with Crippen LogP contribution in [0.2, 0.25) is 0 Å². The zero-order chi connectivity index (χ0) is 30.4. The molecule has 40 heavy (non-hydrogen) atoms. The number of aromatic nitrogens is 4. The number of nitro groups is 1. The van der Waals surface area contributed by atoms with Crippen molar-refractivity contribution < 1.29 is 24.0 Å². The third-order valence-corrected chi connectivity index (χ3v) is 5.35. The minimum absolute atomic E-state index is 0. The van der Waals surface area contributed by atoms with E-state index in [2.05, 4.69) is 24.9 Å². The maximum Gasteiger partial charge on any atom is 0.365 e. The monoisotopic (exact) mass is 563 g/mol. The summed E-state index contributed by atoms with van der Waals surface area (Å²) in [6.45, 7) is 4.33. The highest BCUT2D eigenvalue weighted by Gasteiger charge is 2.32. The van der Waals surface area contributed by atoms with Crippen LogP contribution in [0, 0.1) is 10.1 Å². The lowest BCUT2D eigenvalue weighted by Crippen LogP contribution is -2.42. The van der Waals surface area contributed by atoms with Crippen molar-refractivity contribution in [3.8, 4) is 0 Å². The predicted molar refractivity (Wildman–Crippen MR) is 149 cm³/mol. The predicted octanol–water partition coefficient (Wildman–Crippen LogP) is 0.0501. The molecule has 0 aliphatic heterocycles. The van der Waals surface area contributed by atoms with Gasteiger partial charge in [0.1, 0.15) is 5.69 Å². The van der Waals surface area contributed by atoms with Gasteiger partial charge in [0, 0.05) is 48.7 Å². The largest absolute Gasteiger partial charge is 0.464 e. The Balaban J connectivity index is 0. The molecule has 2 heterocycles. The molecular formula is C23H35B2N5O10. The van der Waals surface area contributed by atoms with Gasteiger partial charge in [-0.25, -0.2) is 19.2 Å². The molecule has 15 nitrogen and oxygen atoms in total. The number of nitrogens with zero attached hydrogens (tertiary/aromatic N) is 5. The van der Waals surface area contributed by atoms with Gasteiger partial charge in [0.15, 0.2) is 0 Å². The lowest BCUT2D eigenvalue weighted by Gasteiger charge is -2.12. The molecule has 0 N–H and O–H groups in total. The Labute approximate surface area is 233 Å². The number of unbranched alkanes of at least 4 members (excludes halogenated alkanes) is 2. The van der Waals surface area contributed by atoms with E-state index in [9.17, 15) is 38.9 Å². The lowest BCUT2D eigenvalue weighted by molar-refractivity contribution is -0.387. The molecular weight excluding hydrogens is 528 g/mol. The van der Waals surface area contributed by atoms with Crippen LogP contribution >= 0.6 is 0 Å². The minimum Gasteiger partial charge on any atom is -0.464 e. The summed E-state index contributed by atoms with van der Waals surface area (Å²) in [5.74, 6) is -1.75. The van der Waals surface area contributed by atoms with Gasteiger partial charge in [-0.3, -0.25) is 38.0 Å². The third-order valence-electron chi connectivity index (χ3n) is 5.35. The number of ether oxygens (including phenoxy) is 2. The van der Waals surface area contributed by atoms with Crippen molar-refractivity contribution >= 4 is 33.1 Å². The SMILES string of the molecule is C.CCCCn1c(C(=O)OC)c([N+](=O)[O-])c(=O)n(C)c1=O.CCCCn1c(C(=O)OC)cc(=O)n(C)c1=O.[B][B]. The molecule has 0 fully saturated rings. The van der Waals surface area contributed by atoms with Crippen LogP contribution in [0.25, 0.3) is 0 Å². The molecule has 0 saturated carbocycles. The second-order valence-corrected chi connectivity index (χ2v) is 7.80. The highest BCUT2D eigenvalue weighted by atomic mass is 16.6. The summed E-state index contributed by atoms with van der Waals surface area (Å²) in [5.41, 5.74) is -4.47. The fourth-order valence-electron chi connectivity index (χ4n) is 3.22. The van der Waals surface area contributed by atoms with Crippen LogP contribution < -0.4 is 22.5 Å². The fraction of sp³-hybridized carbons (Fsp3) is 0.565. The van der Waals surface area contributed by atoms with Crippen LogP contribution in [0.5, 0.6) is 0 Å². The average molecular weight is 563 g/mol. The first kappa shape index (κ1) is 38.0. The highest BCUT2D eigenvalue weighted by Crippen LogP contribution is 2.13. The standard InChI is InChI=1S/C11H15N3O6.C11H16N2O4.CH4.B2/c1-4-5-6-13-8(10(16)20-3)7(14(18)19)9(15)12(2)11(13)17;1-4-5-6-13-8(10(15)17-3)7-9(14)12(2)11(13)16;;1-2/h4-6H2,1-3H3;7H,4-6H2,1-3H3;1H4;. The second kappa shape index (κ2) is 18.2. The molecule has 0 amide bonds. The van der Waals surface area contributed by atoms with Crippen molar-refractivity contribution in [3.63, 3.8) is 0 Å². The van der Waals surface area contributed by atoms with E-state index in [-0.39, 0.29) is 19.7 Å². The van der Waals surface area contributed by atoms with Crippen molar-refractivity contribution in [1.82, 2.24) is 18.3 Å². The van der Waals surface area contributed by atoms with Crippen LogP contribution in [0.3, 0.4) is 0 Å². The van der Waals surface area contributed by atoms with E-state index >= 15 is 0 Å². The van der Waals surface area contributed by atoms with Crippen molar-refractivity contribution in [1.29, 1.82) is 0 Å². The first-order valence-corrected chi connectivity index (χ1v) is 11.7. The summed E-state index contributed by atoms with van der Waals surface area (Å²) < 4.78 is 12.8. The number of hydrogen-bond donors (Lipinski definition) is 0. The van der Waals surface area contributed by atoms with E-state index in [1.165, 1.54) is 18.7 Å². The molecule has 4 radical (unpaired) electrons. The Kier molecular flexibility index (Phi) is 17.3. The topological polar surface area (TPSA) is 184 Å². The van der Waals surface area contributed by atoms with E-state index in [4.69, 9.17) is 0 Å². The summed E-state index contributed by atoms with van der Waals surface area (Å²) >= 11 is 0. The highest BCUT2D eigenvalue weighted by molar-refractivity contribution is 6.75. The maximum absolute atomic E-state index is 12.0. The van der Waals surface area contributed by atoms with Crippen LogP contribution in [0.1, 0.15) is 67.9 Å². The Morgan fingerprint density at radius 1 is 0.875 bits per heavy atom. The van der Waals surface area contributed by atoms with Gasteiger partial charge in [0.25, 0.3) is 5.56 Å².